The molecule has 0 aromatic rings. The second-order valence-electron chi connectivity index (χ2n) is 4.81. The molecule has 1 rings (SSSR count). The highest BCUT2D eigenvalue weighted by Crippen LogP contribution is 2.29. The molecule has 0 aromatic heterocycles. The average Bonchev–Trinajstić information content (AvgIpc) is 2.35. The molecule has 2 unspecified atom stereocenters. The van der Waals surface area contributed by atoms with E-state index in [4.69, 9.17) is 4.74 Å². The van der Waals surface area contributed by atoms with Gasteiger partial charge < -0.3 is 10.1 Å². The van der Waals surface area contributed by atoms with Crippen molar-refractivity contribution in [1.29, 1.82) is 0 Å². The molecule has 2 heteroatoms. The predicted octanol–water partition coefficient (Wildman–Crippen LogP) is 3.14. The Bertz CT molecular complexity index is 187. The molecule has 0 aromatic carbocycles. The number of hydrogen-bond acceptors (Lipinski definition) is 2. The van der Waals surface area contributed by atoms with Crippen LogP contribution in [0.15, 0.2) is 12.7 Å². The number of nitrogens with one attached hydrogen (secondary N) is 1. The second-order valence-corrected chi connectivity index (χ2v) is 4.81. The summed E-state index contributed by atoms with van der Waals surface area (Å²) in [5, 5.41) is 3.52. The number of rotatable bonds is 7. The maximum atomic E-state index is 5.71. The van der Waals surface area contributed by atoms with Gasteiger partial charge in [0.2, 0.25) is 0 Å². The van der Waals surface area contributed by atoms with E-state index in [0.717, 1.165) is 13.0 Å². The van der Waals surface area contributed by atoms with Crippen LogP contribution in [0.3, 0.4) is 0 Å². The van der Waals surface area contributed by atoms with Crippen molar-refractivity contribution in [3.8, 4) is 0 Å². The van der Waals surface area contributed by atoms with E-state index in [0.29, 0.717) is 18.1 Å². The molecule has 1 aliphatic carbocycles. The lowest BCUT2D eigenvalue weighted by molar-refractivity contribution is 0.0198. The lowest BCUT2D eigenvalue weighted by atomic mass is 9.82. The highest BCUT2D eigenvalue weighted by Gasteiger charge is 2.28. The Morgan fingerprint density at radius 3 is 2.56 bits per heavy atom. The fraction of sp³-hybridized carbons (Fsp3) is 0.857. The van der Waals surface area contributed by atoms with Crippen molar-refractivity contribution in [2.24, 2.45) is 5.92 Å². The van der Waals surface area contributed by atoms with Crippen LogP contribution >= 0.6 is 0 Å². The Labute approximate surface area is 100 Å². The van der Waals surface area contributed by atoms with E-state index in [9.17, 15) is 0 Å². The SMILES string of the molecule is C=CC(NCCC)C(OC)C1CCCCC1. The molecule has 0 heterocycles. The van der Waals surface area contributed by atoms with Crippen LogP contribution in [0.4, 0.5) is 0 Å². The van der Waals surface area contributed by atoms with Crippen LogP contribution < -0.4 is 5.32 Å². The van der Waals surface area contributed by atoms with Crippen molar-refractivity contribution < 1.29 is 4.74 Å². The van der Waals surface area contributed by atoms with Crippen molar-refractivity contribution in [3.05, 3.63) is 12.7 Å². The molecule has 16 heavy (non-hydrogen) atoms. The maximum Gasteiger partial charge on any atom is 0.0787 e. The molecule has 94 valence electrons. The predicted molar refractivity (Wildman–Crippen MR) is 69.7 cm³/mol. The van der Waals surface area contributed by atoms with Gasteiger partial charge in [-0.2, -0.15) is 0 Å². The Hall–Kier alpha value is -0.340. The van der Waals surface area contributed by atoms with Gasteiger partial charge in [-0.25, -0.2) is 0 Å². The smallest absolute Gasteiger partial charge is 0.0787 e. The molecule has 1 saturated carbocycles. The van der Waals surface area contributed by atoms with Gasteiger partial charge in [0.25, 0.3) is 0 Å². The van der Waals surface area contributed by atoms with Crippen molar-refractivity contribution in [2.75, 3.05) is 13.7 Å². The first kappa shape index (κ1) is 13.7. The van der Waals surface area contributed by atoms with Gasteiger partial charge in [-0.15, -0.1) is 6.58 Å². The van der Waals surface area contributed by atoms with Crippen molar-refractivity contribution in [1.82, 2.24) is 5.32 Å². The summed E-state index contributed by atoms with van der Waals surface area (Å²) in [7, 11) is 1.84. The third-order valence-corrected chi connectivity index (χ3v) is 3.62. The standard InChI is InChI=1S/C14H27NO/c1-4-11-15-13(5-2)14(16-3)12-9-7-6-8-10-12/h5,12-15H,2,4,6-11H2,1,3H3. The molecule has 0 spiro atoms. The zero-order chi connectivity index (χ0) is 11.8. The average molecular weight is 225 g/mol. The fourth-order valence-electron chi connectivity index (χ4n) is 2.74. The third kappa shape index (κ3) is 3.91. The number of methoxy groups -OCH3 is 1. The molecule has 0 amide bonds. The number of hydrogen-bond donors (Lipinski definition) is 1. The number of ether oxygens (including phenoxy) is 1. The topological polar surface area (TPSA) is 21.3 Å². The molecule has 1 aliphatic rings. The van der Waals surface area contributed by atoms with Crippen LogP contribution in [0.25, 0.3) is 0 Å². The van der Waals surface area contributed by atoms with E-state index in [1.807, 2.05) is 13.2 Å². The summed E-state index contributed by atoms with van der Waals surface area (Å²) < 4.78 is 5.71. The van der Waals surface area contributed by atoms with E-state index in [-0.39, 0.29) is 0 Å². The van der Waals surface area contributed by atoms with Gasteiger partial charge in [0.05, 0.1) is 12.1 Å². The largest absolute Gasteiger partial charge is 0.379 e. The second kappa shape index (κ2) is 7.86. The van der Waals surface area contributed by atoms with E-state index < -0.39 is 0 Å². The van der Waals surface area contributed by atoms with Crippen molar-refractivity contribution in [2.45, 2.75) is 57.6 Å². The van der Waals surface area contributed by atoms with Crippen LogP contribution in [0.5, 0.6) is 0 Å². The third-order valence-electron chi connectivity index (χ3n) is 3.62. The van der Waals surface area contributed by atoms with Crippen LogP contribution in [0.2, 0.25) is 0 Å². The molecule has 0 bridgehead atoms. The summed E-state index contributed by atoms with van der Waals surface area (Å²) in [6.07, 6.45) is 10.2. The van der Waals surface area contributed by atoms with Gasteiger partial charge in [0, 0.05) is 7.11 Å². The lowest BCUT2D eigenvalue weighted by Gasteiger charge is -2.34. The molecule has 2 atom stereocenters. The highest BCUT2D eigenvalue weighted by atomic mass is 16.5. The minimum Gasteiger partial charge on any atom is -0.379 e. The summed E-state index contributed by atoms with van der Waals surface area (Å²) in [5.74, 6) is 0.714. The molecule has 0 radical (unpaired) electrons. The van der Waals surface area contributed by atoms with Gasteiger partial charge in [0.15, 0.2) is 0 Å². The zero-order valence-corrected chi connectivity index (χ0v) is 10.9. The van der Waals surface area contributed by atoms with Crippen LogP contribution in [-0.2, 0) is 4.74 Å². The van der Waals surface area contributed by atoms with E-state index >= 15 is 0 Å². The first-order valence-electron chi connectivity index (χ1n) is 6.72. The molecular weight excluding hydrogens is 198 g/mol. The minimum atomic E-state index is 0.310. The summed E-state index contributed by atoms with van der Waals surface area (Å²) in [5.41, 5.74) is 0. The van der Waals surface area contributed by atoms with Crippen molar-refractivity contribution >= 4 is 0 Å². The summed E-state index contributed by atoms with van der Waals surface area (Å²) in [6, 6.07) is 0.313. The van der Waals surface area contributed by atoms with Crippen LogP contribution in [0.1, 0.15) is 45.4 Å². The Morgan fingerprint density at radius 2 is 2.06 bits per heavy atom. The molecule has 1 N–H and O–H groups in total. The minimum absolute atomic E-state index is 0.310. The summed E-state index contributed by atoms with van der Waals surface area (Å²) in [4.78, 5) is 0. The quantitative estimate of drug-likeness (QED) is 0.672. The first-order valence-corrected chi connectivity index (χ1v) is 6.72. The van der Waals surface area contributed by atoms with Crippen molar-refractivity contribution in [3.63, 3.8) is 0 Å². The Balaban J connectivity index is 2.50. The molecular formula is C14H27NO. The normalized spacial score (nSPS) is 21.6. The Kier molecular flexibility index (Phi) is 6.74. The van der Waals surface area contributed by atoms with Gasteiger partial charge in [-0.05, 0) is 31.7 Å². The molecule has 0 saturated heterocycles. The molecule has 1 fully saturated rings. The van der Waals surface area contributed by atoms with Gasteiger partial charge >= 0.3 is 0 Å². The van der Waals surface area contributed by atoms with Gasteiger partial charge in [-0.1, -0.05) is 32.3 Å². The lowest BCUT2D eigenvalue weighted by Crippen LogP contribution is -2.44. The highest BCUT2D eigenvalue weighted by molar-refractivity contribution is 4.95. The van der Waals surface area contributed by atoms with E-state index in [2.05, 4.69) is 18.8 Å². The maximum absolute atomic E-state index is 5.71. The monoisotopic (exact) mass is 225 g/mol. The summed E-state index contributed by atoms with van der Waals surface area (Å²) >= 11 is 0. The molecule has 0 aliphatic heterocycles. The van der Waals surface area contributed by atoms with E-state index in [1.165, 1.54) is 32.1 Å². The van der Waals surface area contributed by atoms with Crippen LogP contribution in [-0.4, -0.2) is 25.8 Å². The van der Waals surface area contributed by atoms with Gasteiger partial charge in [-0.3, -0.25) is 0 Å². The summed E-state index contributed by atoms with van der Waals surface area (Å²) in [6.45, 7) is 7.17. The van der Waals surface area contributed by atoms with E-state index in [1.54, 1.807) is 0 Å². The fourth-order valence-corrected chi connectivity index (χ4v) is 2.74. The van der Waals surface area contributed by atoms with Crippen LogP contribution in [0, 0.1) is 5.92 Å². The zero-order valence-electron chi connectivity index (χ0n) is 10.9. The first-order chi connectivity index (χ1) is 7.83. The van der Waals surface area contributed by atoms with Gasteiger partial charge in [0.1, 0.15) is 0 Å². The Morgan fingerprint density at radius 1 is 1.38 bits per heavy atom. The molecule has 2 nitrogen and oxygen atoms in total.